The number of benzene rings is 1. The molecule has 0 unspecified atom stereocenters. The lowest BCUT2D eigenvalue weighted by Gasteiger charge is -2.10. The van der Waals surface area contributed by atoms with E-state index >= 15 is 0 Å². The number of fused-ring (bicyclic) bond motifs is 1. The molecule has 0 fully saturated rings. The highest BCUT2D eigenvalue weighted by molar-refractivity contribution is 6.41. The van der Waals surface area contributed by atoms with E-state index in [-0.39, 0.29) is 26.9 Å². The van der Waals surface area contributed by atoms with Crippen LogP contribution in [0.5, 0.6) is 0 Å². The van der Waals surface area contributed by atoms with Crippen molar-refractivity contribution in [2.75, 3.05) is 0 Å². The minimum absolute atomic E-state index is 0.0700. The van der Waals surface area contributed by atoms with Crippen LogP contribution in [-0.4, -0.2) is 15.3 Å². The number of rotatable bonds is 2. The van der Waals surface area contributed by atoms with Gasteiger partial charge in [0.15, 0.2) is 0 Å². The number of hydrogen-bond donors (Lipinski definition) is 0. The highest BCUT2D eigenvalue weighted by Gasteiger charge is 2.34. The number of halogens is 5. The Labute approximate surface area is 157 Å². The second-order valence-corrected chi connectivity index (χ2v) is 6.82. The van der Waals surface area contributed by atoms with Crippen LogP contribution in [-0.2, 0) is 13.2 Å². The Morgan fingerprint density at radius 2 is 1.77 bits per heavy atom. The van der Waals surface area contributed by atoms with Crippen LogP contribution >= 0.6 is 23.2 Å². The fourth-order valence-electron chi connectivity index (χ4n) is 2.80. The van der Waals surface area contributed by atoms with Crippen molar-refractivity contribution in [2.24, 2.45) is 7.05 Å². The van der Waals surface area contributed by atoms with Gasteiger partial charge >= 0.3 is 6.18 Å². The van der Waals surface area contributed by atoms with E-state index in [1.165, 1.54) is 17.7 Å². The van der Waals surface area contributed by atoms with Crippen LogP contribution in [0.15, 0.2) is 24.3 Å². The van der Waals surface area contributed by atoms with Crippen LogP contribution in [0.1, 0.15) is 32.9 Å². The average Bonchev–Trinajstić information content (AvgIpc) is 2.88. The zero-order chi connectivity index (χ0) is 19.4. The van der Waals surface area contributed by atoms with Crippen LogP contribution in [0.2, 0.25) is 10.0 Å². The molecule has 0 bridgehead atoms. The molecule has 0 amide bonds. The molecule has 0 N–H and O–H groups in total. The molecule has 0 saturated heterocycles. The first-order chi connectivity index (χ1) is 12.0. The molecule has 2 heterocycles. The normalized spacial score (nSPS) is 12.0. The van der Waals surface area contributed by atoms with Crippen molar-refractivity contribution in [1.29, 1.82) is 0 Å². The van der Waals surface area contributed by atoms with Crippen LogP contribution < -0.4 is 0 Å². The molecule has 136 valence electrons. The molecule has 8 heteroatoms. The van der Waals surface area contributed by atoms with Gasteiger partial charge in [0, 0.05) is 12.4 Å². The molecule has 0 spiro atoms. The highest BCUT2D eigenvalue weighted by Crippen LogP contribution is 2.34. The van der Waals surface area contributed by atoms with E-state index in [0.29, 0.717) is 16.5 Å². The predicted molar refractivity (Wildman–Crippen MR) is 95.1 cm³/mol. The molecule has 0 aliphatic heterocycles. The summed E-state index contributed by atoms with van der Waals surface area (Å²) in [6.45, 7) is 3.28. The van der Waals surface area contributed by atoms with Gasteiger partial charge in [-0.15, -0.1) is 0 Å². The second kappa shape index (κ2) is 6.28. The summed E-state index contributed by atoms with van der Waals surface area (Å²) in [7, 11) is 1.49. The van der Waals surface area contributed by atoms with Gasteiger partial charge < -0.3 is 4.57 Å². The number of pyridine rings is 1. The third-order valence-electron chi connectivity index (χ3n) is 4.24. The number of aryl methyl sites for hydroxylation is 3. The number of carbonyl (C=O) groups excluding carboxylic acids is 1. The van der Waals surface area contributed by atoms with Crippen molar-refractivity contribution in [3.8, 4) is 0 Å². The molecule has 3 aromatic rings. The maximum atomic E-state index is 13.0. The molecular weight excluding hydrogens is 388 g/mol. The molecular formula is C18H13Cl2F3N2O. The Morgan fingerprint density at radius 3 is 2.38 bits per heavy atom. The smallest absolute Gasteiger partial charge is 0.326 e. The van der Waals surface area contributed by atoms with Gasteiger partial charge in [-0.25, -0.2) is 4.98 Å². The highest BCUT2D eigenvalue weighted by atomic mass is 35.5. The number of alkyl halides is 3. The largest absolute Gasteiger partial charge is 0.433 e. The first-order valence-corrected chi connectivity index (χ1v) is 8.31. The van der Waals surface area contributed by atoms with E-state index in [1.54, 1.807) is 26.0 Å². The molecule has 0 radical (unpaired) electrons. The molecule has 3 nitrogen and oxygen atoms in total. The van der Waals surface area contributed by atoms with Gasteiger partial charge in [0.05, 0.1) is 21.3 Å². The number of carbonyl (C=O) groups is 1. The van der Waals surface area contributed by atoms with Gasteiger partial charge in [-0.2, -0.15) is 13.2 Å². The Kier molecular flexibility index (Phi) is 4.53. The van der Waals surface area contributed by atoms with Crippen molar-refractivity contribution in [3.05, 3.63) is 62.4 Å². The Morgan fingerprint density at radius 1 is 1.12 bits per heavy atom. The molecule has 1 aromatic carbocycles. The van der Waals surface area contributed by atoms with Crippen molar-refractivity contribution in [1.82, 2.24) is 9.55 Å². The lowest BCUT2D eigenvalue weighted by atomic mass is 10.0. The SMILES string of the molecule is Cc1ccc(Cl)c(C(=O)c2cc3c(C)cc(C(F)(F)F)nc3n2C)c1Cl. The molecule has 0 atom stereocenters. The summed E-state index contributed by atoms with van der Waals surface area (Å²) >= 11 is 12.4. The van der Waals surface area contributed by atoms with Gasteiger partial charge in [-0.3, -0.25) is 4.79 Å². The quantitative estimate of drug-likeness (QED) is 0.513. The fourth-order valence-corrected chi connectivity index (χ4v) is 3.35. The summed E-state index contributed by atoms with van der Waals surface area (Å²) in [6, 6.07) is 5.71. The molecule has 2 aromatic heterocycles. The second-order valence-electron chi connectivity index (χ2n) is 6.03. The first kappa shape index (κ1) is 18.7. The van der Waals surface area contributed by atoms with Crippen molar-refractivity contribution < 1.29 is 18.0 Å². The van der Waals surface area contributed by atoms with Gasteiger partial charge in [0.25, 0.3) is 0 Å². The summed E-state index contributed by atoms with van der Waals surface area (Å²) < 4.78 is 40.4. The lowest BCUT2D eigenvalue weighted by molar-refractivity contribution is -0.141. The Hall–Kier alpha value is -2.05. The summed E-state index contributed by atoms with van der Waals surface area (Å²) in [5, 5.41) is 0.855. The van der Waals surface area contributed by atoms with Gasteiger partial charge in [-0.05, 0) is 43.2 Å². The first-order valence-electron chi connectivity index (χ1n) is 7.56. The van der Waals surface area contributed by atoms with E-state index in [2.05, 4.69) is 4.98 Å². The van der Waals surface area contributed by atoms with Crippen LogP contribution in [0, 0.1) is 13.8 Å². The predicted octanol–water partition coefficient (Wildman–Crippen LogP) is 5.75. The van der Waals surface area contributed by atoms with E-state index in [4.69, 9.17) is 23.2 Å². The lowest BCUT2D eigenvalue weighted by Crippen LogP contribution is -2.11. The molecule has 3 rings (SSSR count). The minimum Gasteiger partial charge on any atom is -0.326 e. The Balaban J connectivity index is 2.24. The fraction of sp³-hybridized carbons (Fsp3) is 0.222. The van der Waals surface area contributed by atoms with Crippen molar-refractivity contribution >= 4 is 40.0 Å². The van der Waals surface area contributed by atoms with Crippen LogP contribution in [0.4, 0.5) is 13.2 Å². The van der Waals surface area contributed by atoms with Gasteiger partial charge in [-0.1, -0.05) is 29.3 Å². The van der Waals surface area contributed by atoms with Crippen molar-refractivity contribution in [2.45, 2.75) is 20.0 Å². The van der Waals surface area contributed by atoms with Gasteiger partial charge in [0.1, 0.15) is 11.3 Å². The summed E-state index contributed by atoms with van der Waals surface area (Å²) in [5.74, 6) is -0.475. The maximum Gasteiger partial charge on any atom is 0.433 e. The third-order valence-corrected chi connectivity index (χ3v) is 5.04. The van der Waals surface area contributed by atoms with E-state index in [0.717, 1.165) is 6.07 Å². The molecule has 0 aliphatic rings. The van der Waals surface area contributed by atoms with Crippen molar-refractivity contribution in [3.63, 3.8) is 0 Å². The number of ketones is 1. The minimum atomic E-state index is -4.57. The van der Waals surface area contributed by atoms with Crippen LogP contribution in [0.3, 0.4) is 0 Å². The average molecular weight is 401 g/mol. The van der Waals surface area contributed by atoms with E-state index in [1.807, 2.05) is 0 Å². The Bertz CT molecular complexity index is 1050. The third kappa shape index (κ3) is 2.97. The maximum absolute atomic E-state index is 13.0. The number of nitrogens with zero attached hydrogens (tertiary/aromatic N) is 2. The van der Waals surface area contributed by atoms with E-state index in [9.17, 15) is 18.0 Å². The summed E-state index contributed by atoms with van der Waals surface area (Å²) in [5.41, 5.74) is 0.386. The van der Waals surface area contributed by atoms with Gasteiger partial charge in [0.2, 0.25) is 5.78 Å². The summed E-state index contributed by atoms with van der Waals surface area (Å²) in [4.78, 5) is 16.7. The topological polar surface area (TPSA) is 34.9 Å². The number of hydrogen-bond acceptors (Lipinski definition) is 2. The molecule has 26 heavy (non-hydrogen) atoms. The molecule has 0 aliphatic carbocycles. The standard InChI is InChI=1S/C18H13Cl2F3N2O/c1-8-4-5-11(19)14(15(8)20)16(26)12-7-10-9(2)6-13(18(21,22)23)24-17(10)25(12)3/h4-7H,1-3H3. The van der Waals surface area contributed by atoms with Crippen LogP contribution in [0.25, 0.3) is 11.0 Å². The molecule has 0 saturated carbocycles. The monoisotopic (exact) mass is 400 g/mol. The zero-order valence-electron chi connectivity index (χ0n) is 14.0. The zero-order valence-corrected chi connectivity index (χ0v) is 15.5. The van der Waals surface area contributed by atoms with E-state index < -0.39 is 17.7 Å². The summed E-state index contributed by atoms with van der Waals surface area (Å²) in [6.07, 6.45) is -4.57. The number of aromatic nitrogens is 2.